The van der Waals surface area contributed by atoms with Gasteiger partial charge in [-0.05, 0) is 40.8 Å². The van der Waals surface area contributed by atoms with E-state index >= 15 is 0 Å². The number of hydrogen-bond donors (Lipinski definition) is 2. The summed E-state index contributed by atoms with van der Waals surface area (Å²) >= 11 is 0. The Morgan fingerprint density at radius 3 is 3.14 bits per heavy atom. The number of anilines is 1. The molecule has 21 heavy (non-hydrogen) atoms. The third-order valence-corrected chi connectivity index (χ3v) is 3.51. The average Bonchev–Trinajstić information content (AvgIpc) is 2.47. The number of nitrogens with one attached hydrogen (secondary N) is 1. The number of carboxylic acid groups (broad SMARTS) is 1. The minimum atomic E-state index is -0.884. The van der Waals surface area contributed by atoms with Crippen LogP contribution in [0.1, 0.15) is 12.8 Å². The maximum Gasteiger partial charge on any atom is 0.387 e. The first-order chi connectivity index (χ1) is 10.1. The van der Waals surface area contributed by atoms with Crippen molar-refractivity contribution in [1.82, 2.24) is 10.3 Å². The van der Waals surface area contributed by atoms with Crippen molar-refractivity contribution < 1.29 is 14.8 Å². The smallest absolute Gasteiger partial charge is 0.387 e. The van der Waals surface area contributed by atoms with Crippen LogP contribution in [0.25, 0.3) is 0 Å². The lowest BCUT2D eigenvalue weighted by molar-refractivity contribution is -0.388. The van der Waals surface area contributed by atoms with Crippen LogP contribution in [0.15, 0.2) is 18.3 Å². The molecule has 1 saturated heterocycles. The number of piperidine rings is 1. The largest absolute Gasteiger partial charge is 0.480 e. The van der Waals surface area contributed by atoms with Gasteiger partial charge < -0.3 is 25.4 Å². The third kappa shape index (κ3) is 4.12. The van der Waals surface area contributed by atoms with Crippen molar-refractivity contribution in [2.45, 2.75) is 12.8 Å². The van der Waals surface area contributed by atoms with Crippen LogP contribution in [0.2, 0.25) is 0 Å². The van der Waals surface area contributed by atoms with Gasteiger partial charge in [0, 0.05) is 19.6 Å². The van der Waals surface area contributed by atoms with E-state index in [-0.39, 0.29) is 18.3 Å². The average molecular weight is 294 g/mol. The summed E-state index contributed by atoms with van der Waals surface area (Å²) in [4.78, 5) is 26.8. The van der Waals surface area contributed by atoms with E-state index in [9.17, 15) is 14.9 Å². The highest BCUT2D eigenvalue weighted by Gasteiger charge is 2.25. The number of aromatic nitrogens is 1. The van der Waals surface area contributed by atoms with E-state index in [0.29, 0.717) is 18.8 Å². The molecule has 0 aliphatic carbocycles. The highest BCUT2D eigenvalue weighted by Crippen LogP contribution is 2.29. The summed E-state index contributed by atoms with van der Waals surface area (Å²) in [6.07, 6.45) is 3.32. The van der Waals surface area contributed by atoms with Gasteiger partial charge in [-0.15, -0.1) is 0 Å². The van der Waals surface area contributed by atoms with Crippen LogP contribution in [-0.2, 0) is 4.79 Å². The summed E-state index contributed by atoms with van der Waals surface area (Å²) < 4.78 is 0. The summed E-state index contributed by atoms with van der Waals surface area (Å²) in [5, 5.41) is 22.5. The summed E-state index contributed by atoms with van der Waals surface area (Å²) in [6, 6.07) is 3.40. The zero-order valence-corrected chi connectivity index (χ0v) is 11.6. The van der Waals surface area contributed by atoms with Crippen LogP contribution in [0.4, 0.5) is 11.5 Å². The Morgan fingerprint density at radius 2 is 2.43 bits per heavy atom. The first kappa shape index (κ1) is 15.2. The van der Waals surface area contributed by atoms with Gasteiger partial charge in [0.15, 0.2) is 0 Å². The van der Waals surface area contributed by atoms with E-state index in [1.807, 2.05) is 4.90 Å². The van der Waals surface area contributed by atoms with Gasteiger partial charge in [-0.2, -0.15) is 0 Å². The molecule has 1 aliphatic heterocycles. The van der Waals surface area contributed by atoms with Crippen LogP contribution in [0.3, 0.4) is 0 Å². The number of carbonyl (C=O) groups is 1. The van der Waals surface area contributed by atoms with Crippen LogP contribution in [-0.4, -0.2) is 47.2 Å². The van der Waals surface area contributed by atoms with E-state index < -0.39 is 10.9 Å². The van der Waals surface area contributed by atoms with Gasteiger partial charge in [-0.3, -0.25) is 4.79 Å². The van der Waals surface area contributed by atoms with Crippen molar-refractivity contribution in [2.75, 3.05) is 31.1 Å². The topological polar surface area (TPSA) is 109 Å². The molecule has 0 bridgehead atoms. The molecule has 2 heterocycles. The molecule has 2 N–H and O–H groups in total. The van der Waals surface area contributed by atoms with Crippen LogP contribution in [0, 0.1) is 16.0 Å². The van der Waals surface area contributed by atoms with Gasteiger partial charge in [-0.1, -0.05) is 0 Å². The molecule has 1 atom stereocenters. The minimum Gasteiger partial charge on any atom is -0.480 e. The van der Waals surface area contributed by atoms with Gasteiger partial charge in [0.1, 0.15) is 11.9 Å². The zero-order chi connectivity index (χ0) is 15.2. The van der Waals surface area contributed by atoms with Crippen molar-refractivity contribution in [3.05, 3.63) is 28.4 Å². The second kappa shape index (κ2) is 6.98. The molecule has 8 heteroatoms. The van der Waals surface area contributed by atoms with E-state index in [4.69, 9.17) is 5.11 Å². The fourth-order valence-corrected chi connectivity index (χ4v) is 2.61. The molecule has 1 fully saturated rings. The van der Waals surface area contributed by atoms with Gasteiger partial charge in [0.25, 0.3) is 0 Å². The minimum absolute atomic E-state index is 0.0659. The van der Waals surface area contributed by atoms with E-state index in [1.165, 1.54) is 6.20 Å². The number of pyridine rings is 1. The molecular weight excluding hydrogens is 276 g/mol. The van der Waals surface area contributed by atoms with Crippen LogP contribution < -0.4 is 10.2 Å². The Labute approximate surface area is 121 Å². The first-order valence-corrected chi connectivity index (χ1v) is 6.85. The van der Waals surface area contributed by atoms with E-state index in [0.717, 1.165) is 19.4 Å². The summed E-state index contributed by atoms with van der Waals surface area (Å²) in [7, 11) is 0. The lowest BCUT2D eigenvalue weighted by Crippen LogP contribution is -2.40. The summed E-state index contributed by atoms with van der Waals surface area (Å²) in [6.45, 7) is 1.95. The van der Waals surface area contributed by atoms with Crippen molar-refractivity contribution in [1.29, 1.82) is 0 Å². The molecule has 0 saturated carbocycles. The molecule has 8 nitrogen and oxygen atoms in total. The normalized spacial score (nSPS) is 18.5. The number of rotatable bonds is 6. The number of aliphatic carboxylic acids is 1. The highest BCUT2D eigenvalue weighted by molar-refractivity contribution is 5.69. The van der Waals surface area contributed by atoms with Gasteiger partial charge in [0.05, 0.1) is 6.54 Å². The second-order valence-electron chi connectivity index (χ2n) is 5.08. The lowest BCUT2D eigenvalue weighted by Gasteiger charge is -2.33. The molecule has 1 aromatic rings. The summed E-state index contributed by atoms with van der Waals surface area (Å²) in [5.74, 6) is -0.736. The molecule has 0 spiro atoms. The SMILES string of the molecule is O=C(O)CNCC1CCCN(c2cccnc2[N+](=O)[O-])C1. The maximum atomic E-state index is 11.0. The monoisotopic (exact) mass is 294 g/mol. The third-order valence-electron chi connectivity index (χ3n) is 3.51. The highest BCUT2D eigenvalue weighted by atomic mass is 16.6. The fraction of sp³-hybridized carbons (Fsp3) is 0.538. The van der Waals surface area contributed by atoms with Crippen LogP contribution >= 0.6 is 0 Å². The lowest BCUT2D eigenvalue weighted by atomic mass is 9.97. The number of nitrogens with zero attached hydrogens (tertiary/aromatic N) is 3. The Kier molecular flexibility index (Phi) is 5.04. The van der Waals surface area contributed by atoms with Crippen molar-refractivity contribution in [3.8, 4) is 0 Å². The zero-order valence-electron chi connectivity index (χ0n) is 11.6. The fourth-order valence-electron chi connectivity index (χ4n) is 2.61. The van der Waals surface area contributed by atoms with E-state index in [2.05, 4.69) is 10.3 Å². The molecule has 1 aromatic heterocycles. The molecule has 1 aliphatic rings. The number of carboxylic acids is 1. The molecule has 0 amide bonds. The number of hydrogen-bond acceptors (Lipinski definition) is 6. The van der Waals surface area contributed by atoms with Crippen molar-refractivity contribution in [2.24, 2.45) is 5.92 Å². The second-order valence-corrected chi connectivity index (χ2v) is 5.08. The van der Waals surface area contributed by atoms with Gasteiger partial charge in [-0.25, -0.2) is 0 Å². The Balaban J connectivity index is 2.01. The predicted molar refractivity (Wildman–Crippen MR) is 76.3 cm³/mol. The van der Waals surface area contributed by atoms with E-state index in [1.54, 1.807) is 12.1 Å². The maximum absolute atomic E-state index is 11.0. The standard InChI is InChI=1S/C13H18N4O4/c18-12(19)8-14-7-10-3-2-6-16(9-10)11-4-1-5-15-13(11)17(20)21/h1,4-5,10,14H,2-3,6-9H2,(H,18,19). The molecule has 0 aromatic carbocycles. The molecule has 114 valence electrons. The Hall–Kier alpha value is -2.22. The molecular formula is C13H18N4O4. The van der Waals surface area contributed by atoms with Crippen molar-refractivity contribution >= 4 is 17.5 Å². The quantitative estimate of drug-likeness (QED) is 0.592. The molecule has 0 radical (unpaired) electrons. The Morgan fingerprint density at radius 1 is 1.62 bits per heavy atom. The Bertz CT molecular complexity index is 523. The molecule has 1 unspecified atom stereocenters. The van der Waals surface area contributed by atoms with Gasteiger partial charge in [0.2, 0.25) is 0 Å². The van der Waals surface area contributed by atoms with Crippen LogP contribution in [0.5, 0.6) is 0 Å². The predicted octanol–water partition coefficient (Wildman–Crippen LogP) is 0.880. The summed E-state index contributed by atoms with van der Waals surface area (Å²) in [5.41, 5.74) is 0.533. The molecule has 2 rings (SSSR count). The van der Waals surface area contributed by atoms with Crippen molar-refractivity contribution in [3.63, 3.8) is 0 Å². The van der Waals surface area contributed by atoms with Gasteiger partial charge >= 0.3 is 11.8 Å². The number of nitro groups is 1. The first-order valence-electron chi connectivity index (χ1n) is 6.85.